The van der Waals surface area contributed by atoms with E-state index in [1.807, 2.05) is 5.43 Å². The van der Waals surface area contributed by atoms with Gasteiger partial charge < -0.3 is 10.1 Å². The van der Waals surface area contributed by atoms with Gasteiger partial charge in [0.15, 0.2) is 0 Å². The molecule has 168 valence electrons. The minimum atomic E-state index is -4.51. The smallest absolute Gasteiger partial charge is 0.416 e. The van der Waals surface area contributed by atoms with E-state index in [4.69, 9.17) is 4.74 Å². The topological polar surface area (TPSA) is 96.9 Å². The summed E-state index contributed by atoms with van der Waals surface area (Å²) >= 11 is 0. The van der Waals surface area contributed by atoms with Gasteiger partial charge in [0.25, 0.3) is 0 Å². The summed E-state index contributed by atoms with van der Waals surface area (Å²) in [7, 11) is 0. The Bertz CT molecular complexity index is 1180. The van der Waals surface area contributed by atoms with E-state index in [9.17, 15) is 27.6 Å². The SMILES string of the molecule is O=C(N/N=C/c1ccccc1OC(=O)c1ccccc1)C(=O)Nc1ccc(C(F)(F)F)cc1. The van der Waals surface area contributed by atoms with Gasteiger partial charge in [0.05, 0.1) is 17.3 Å². The van der Waals surface area contributed by atoms with Crippen LogP contribution in [0.2, 0.25) is 0 Å². The van der Waals surface area contributed by atoms with Crippen LogP contribution in [0.3, 0.4) is 0 Å². The van der Waals surface area contributed by atoms with E-state index in [0.717, 1.165) is 24.3 Å². The molecule has 3 aromatic rings. The van der Waals surface area contributed by atoms with Gasteiger partial charge in [0.1, 0.15) is 5.75 Å². The van der Waals surface area contributed by atoms with Gasteiger partial charge in [-0.05, 0) is 48.5 Å². The van der Waals surface area contributed by atoms with Crippen molar-refractivity contribution in [3.8, 4) is 5.75 Å². The minimum Gasteiger partial charge on any atom is -0.422 e. The van der Waals surface area contributed by atoms with Gasteiger partial charge in [-0.2, -0.15) is 18.3 Å². The van der Waals surface area contributed by atoms with Gasteiger partial charge >= 0.3 is 24.0 Å². The molecule has 0 saturated heterocycles. The van der Waals surface area contributed by atoms with Crippen LogP contribution >= 0.6 is 0 Å². The van der Waals surface area contributed by atoms with Crippen LogP contribution in [-0.4, -0.2) is 24.0 Å². The molecule has 2 amide bonds. The standard InChI is InChI=1S/C23H16F3N3O4/c24-23(25,26)17-10-12-18(13-11-17)28-20(30)21(31)29-27-14-16-8-4-5-9-19(16)33-22(32)15-6-2-1-3-7-15/h1-14H,(H,28,30)(H,29,31)/b27-14+. The first-order valence-corrected chi connectivity index (χ1v) is 9.42. The summed E-state index contributed by atoms with van der Waals surface area (Å²) < 4.78 is 43.1. The number of hydrogen-bond donors (Lipinski definition) is 2. The predicted octanol–water partition coefficient (Wildman–Crippen LogP) is 4.01. The molecule has 0 aromatic heterocycles. The fourth-order valence-electron chi connectivity index (χ4n) is 2.55. The molecule has 10 heteroatoms. The molecule has 0 bridgehead atoms. The summed E-state index contributed by atoms with van der Waals surface area (Å²) in [6.45, 7) is 0. The molecule has 3 aromatic carbocycles. The zero-order valence-corrected chi connectivity index (χ0v) is 16.8. The summed E-state index contributed by atoms with van der Waals surface area (Å²) in [4.78, 5) is 36.1. The molecule has 0 aliphatic carbocycles. The summed E-state index contributed by atoms with van der Waals surface area (Å²) in [6.07, 6.45) is -3.34. The second kappa shape index (κ2) is 10.2. The van der Waals surface area contributed by atoms with Crippen molar-refractivity contribution in [2.45, 2.75) is 6.18 Å². The van der Waals surface area contributed by atoms with E-state index in [-0.39, 0.29) is 11.4 Å². The summed E-state index contributed by atoms with van der Waals surface area (Å²) in [5, 5.41) is 5.83. The van der Waals surface area contributed by atoms with Crippen molar-refractivity contribution in [3.05, 3.63) is 95.6 Å². The molecule has 0 aliphatic rings. The second-order valence-corrected chi connectivity index (χ2v) is 6.52. The number of nitrogens with zero attached hydrogens (tertiary/aromatic N) is 1. The molecule has 2 N–H and O–H groups in total. The third-order valence-corrected chi connectivity index (χ3v) is 4.18. The lowest BCUT2D eigenvalue weighted by atomic mass is 10.2. The van der Waals surface area contributed by atoms with Crippen LogP contribution in [0.15, 0.2) is 84.0 Å². The van der Waals surface area contributed by atoms with Crippen LogP contribution in [0, 0.1) is 0 Å². The van der Waals surface area contributed by atoms with Crippen molar-refractivity contribution >= 4 is 29.7 Å². The minimum absolute atomic E-state index is 0.00491. The highest BCUT2D eigenvalue weighted by atomic mass is 19.4. The quantitative estimate of drug-likeness (QED) is 0.200. The normalized spacial score (nSPS) is 11.1. The molecule has 0 unspecified atom stereocenters. The van der Waals surface area contributed by atoms with Crippen LogP contribution in [0.1, 0.15) is 21.5 Å². The van der Waals surface area contributed by atoms with Crippen molar-refractivity contribution in [1.29, 1.82) is 0 Å². The zero-order valence-electron chi connectivity index (χ0n) is 16.8. The Morgan fingerprint density at radius 2 is 1.45 bits per heavy atom. The molecule has 0 spiro atoms. The van der Waals surface area contributed by atoms with Crippen LogP contribution in [0.4, 0.5) is 18.9 Å². The molecule has 3 rings (SSSR count). The van der Waals surface area contributed by atoms with E-state index < -0.39 is 29.5 Å². The number of hydrogen-bond acceptors (Lipinski definition) is 5. The number of esters is 1. The van der Waals surface area contributed by atoms with Crippen LogP contribution in [-0.2, 0) is 15.8 Å². The molecular weight excluding hydrogens is 439 g/mol. The maximum absolute atomic E-state index is 12.6. The third-order valence-electron chi connectivity index (χ3n) is 4.18. The van der Waals surface area contributed by atoms with Crippen molar-refractivity contribution in [2.24, 2.45) is 5.10 Å². The number of ether oxygens (including phenoxy) is 1. The lowest BCUT2D eigenvalue weighted by Crippen LogP contribution is -2.32. The molecule has 0 fully saturated rings. The highest BCUT2D eigenvalue weighted by Gasteiger charge is 2.30. The number of benzene rings is 3. The Morgan fingerprint density at radius 1 is 0.818 bits per heavy atom. The van der Waals surface area contributed by atoms with Gasteiger partial charge in [-0.3, -0.25) is 9.59 Å². The number of halogens is 3. The molecule has 0 saturated carbocycles. The first kappa shape index (κ1) is 23.2. The van der Waals surface area contributed by atoms with Gasteiger partial charge in [-0.15, -0.1) is 0 Å². The molecular formula is C23H16F3N3O4. The van der Waals surface area contributed by atoms with E-state index in [1.165, 1.54) is 12.3 Å². The zero-order chi connectivity index (χ0) is 23.8. The summed E-state index contributed by atoms with van der Waals surface area (Å²) in [6, 6.07) is 18.3. The van der Waals surface area contributed by atoms with Crippen molar-refractivity contribution in [1.82, 2.24) is 5.43 Å². The largest absolute Gasteiger partial charge is 0.422 e. The average Bonchev–Trinajstić information content (AvgIpc) is 2.80. The number of anilines is 1. The number of nitrogens with one attached hydrogen (secondary N) is 2. The molecule has 0 aliphatic heterocycles. The molecule has 33 heavy (non-hydrogen) atoms. The molecule has 0 atom stereocenters. The number of carbonyl (C=O) groups is 3. The van der Waals surface area contributed by atoms with Gasteiger partial charge in [-0.25, -0.2) is 10.2 Å². The fraction of sp³-hybridized carbons (Fsp3) is 0.0435. The van der Waals surface area contributed by atoms with Gasteiger partial charge in [-0.1, -0.05) is 30.3 Å². The number of carbonyl (C=O) groups excluding carboxylic acids is 3. The van der Waals surface area contributed by atoms with Crippen molar-refractivity contribution in [2.75, 3.05) is 5.32 Å². The summed E-state index contributed by atoms with van der Waals surface area (Å²) in [5.74, 6) is -2.68. The first-order chi connectivity index (χ1) is 15.7. The van der Waals surface area contributed by atoms with Crippen molar-refractivity contribution < 1.29 is 32.3 Å². The lowest BCUT2D eigenvalue weighted by Gasteiger charge is -2.08. The van der Waals surface area contributed by atoms with E-state index in [1.54, 1.807) is 48.5 Å². The number of rotatable bonds is 5. The maximum atomic E-state index is 12.6. The monoisotopic (exact) mass is 455 g/mol. The highest BCUT2D eigenvalue weighted by Crippen LogP contribution is 2.29. The summed E-state index contributed by atoms with van der Waals surface area (Å²) in [5.41, 5.74) is 1.81. The Balaban J connectivity index is 1.59. The Labute approximate surface area is 185 Å². The van der Waals surface area contributed by atoms with Crippen LogP contribution in [0.25, 0.3) is 0 Å². The van der Waals surface area contributed by atoms with E-state index in [2.05, 4.69) is 10.4 Å². The lowest BCUT2D eigenvalue weighted by molar-refractivity contribution is -0.137. The van der Waals surface area contributed by atoms with Crippen LogP contribution < -0.4 is 15.5 Å². The third kappa shape index (κ3) is 6.50. The van der Waals surface area contributed by atoms with Crippen molar-refractivity contribution in [3.63, 3.8) is 0 Å². The number of hydrazone groups is 1. The number of amides is 2. The molecule has 7 nitrogen and oxygen atoms in total. The fourth-order valence-corrected chi connectivity index (χ4v) is 2.55. The number of alkyl halides is 3. The van der Waals surface area contributed by atoms with Crippen LogP contribution in [0.5, 0.6) is 5.75 Å². The first-order valence-electron chi connectivity index (χ1n) is 9.42. The maximum Gasteiger partial charge on any atom is 0.416 e. The predicted molar refractivity (Wildman–Crippen MR) is 114 cm³/mol. The highest BCUT2D eigenvalue weighted by molar-refractivity contribution is 6.39. The Hall–Kier alpha value is -4.47. The Kier molecular flexibility index (Phi) is 7.19. The molecule has 0 heterocycles. The average molecular weight is 455 g/mol. The number of para-hydroxylation sites is 1. The molecule has 0 radical (unpaired) electrons. The second-order valence-electron chi connectivity index (χ2n) is 6.52. The van der Waals surface area contributed by atoms with E-state index >= 15 is 0 Å². The van der Waals surface area contributed by atoms with Gasteiger partial charge in [0.2, 0.25) is 0 Å². The Morgan fingerprint density at radius 3 is 2.12 bits per heavy atom. The van der Waals surface area contributed by atoms with E-state index in [0.29, 0.717) is 11.1 Å². The van der Waals surface area contributed by atoms with Gasteiger partial charge in [0, 0.05) is 11.3 Å².